The number of phenols is 1. The molecular formula is C24H28FN3O3S2. The zero-order valence-electron chi connectivity index (χ0n) is 18.8. The third-order valence-corrected chi connectivity index (χ3v) is 6.64. The van der Waals surface area contributed by atoms with E-state index in [2.05, 4.69) is 42.8 Å². The van der Waals surface area contributed by atoms with Gasteiger partial charge in [0.15, 0.2) is 0 Å². The second-order valence-corrected chi connectivity index (χ2v) is 9.15. The van der Waals surface area contributed by atoms with Crippen LogP contribution in [0.2, 0.25) is 0 Å². The van der Waals surface area contributed by atoms with Gasteiger partial charge in [0.25, 0.3) is 5.91 Å². The van der Waals surface area contributed by atoms with Gasteiger partial charge in [0.2, 0.25) is 0 Å². The molecule has 0 saturated carbocycles. The Hall–Kier alpha value is -2.75. The molecule has 0 radical (unpaired) electrons. The molecular weight excluding hydrogens is 461 g/mol. The fourth-order valence-corrected chi connectivity index (χ4v) is 4.66. The number of phenolic OH excluding ortho intramolecular Hbond substituents is 1. The Labute approximate surface area is 202 Å². The molecule has 0 aliphatic carbocycles. The third kappa shape index (κ3) is 5.98. The van der Waals surface area contributed by atoms with Gasteiger partial charge in [-0.25, -0.2) is 4.39 Å². The van der Waals surface area contributed by atoms with Gasteiger partial charge in [-0.1, -0.05) is 6.07 Å². The summed E-state index contributed by atoms with van der Waals surface area (Å²) in [6, 6.07) is 7.54. The van der Waals surface area contributed by atoms with Crippen molar-refractivity contribution in [2.75, 3.05) is 42.3 Å². The molecule has 176 valence electrons. The number of anilines is 3. The lowest BCUT2D eigenvalue weighted by Crippen LogP contribution is -2.37. The molecule has 1 amide bonds. The molecule has 0 spiro atoms. The van der Waals surface area contributed by atoms with Gasteiger partial charge in [-0.05, 0) is 61.0 Å². The van der Waals surface area contributed by atoms with E-state index >= 15 is 0 Å². The van der Waals surface area contributed by atoms with Gasteiger partial charge in [0.05, 0.1) is 18.9 Å². The van der Waals surface area contributed by atoms with E-state index in [1.165, 1.54) is 34.7 Å². The Bertz CT molecular complexity index is 1140. The van der Waals surface area contributed by atoms with Crippen LogP contribution < -0.4 is 16.0 Å². The van der Waals surface area contributed by atoms with Crippen LogP contribution in [0.1, 0.15) is 26.4 Å². The number of thiophene rings is 1. The van der Waals surface area contributed by atoms with Crippen LogP contribution in [0.4, 0.5) is 21.5 Å². The summed E-state index contributed by atoms with van der Waals surface area (Å²) in [7, 11) is 0. The minimum atomic E-state index is -0.453. The number of aromatic hydroxyl groups is 1. The molecule has 6 nitrogen and oxygen atoms in total. The van der Waals surface area contributed by atoms with Crippen molar-refractivity contribution in [3.8, 4) is 5.75 Å². The highest BCUT2D eigenvalue weighted by Crippen LogP contribution is 2.35. The minimum Gasteiger partial charge on any atom is -0.507 e. The van der Waals surface area contributed by atoms with E-state index in [1.54, 1.807) is 6.07 Å². The van der Waals surface area contributed by atoms with Crippen molar-refractivity contribution < 1.29 is 19.0 Å². The smallest absolute Gasteiger partial charge is 0.267 e. The average molecular weight is 490 g/mol. The van der Waals surface area contributed by atoms with Crippen molar-refractivity contribution in [3.63, 3.8) is 0 Å². The van der Waals surface area contributed by atoms with Crippen molar-refractivity contribution in [2.45, 2.75) is 25.7 Å². The van der Waals surface area contributed by atoms with E-state index in [0.717, 1.165) is 49.2 Å². The SMILES string of the molecule is Cc1cc(C)c(N2CCOCC2)c(C)c1NC(=O)c1sccc1N.Oc1cc(F)ccc1S. The fraction of sp³-hybridized carbons (Fsp3) is 0.292. The number of carbonyl (C=O) groups is 1. The first-order chi connectivity index (χ1) is 15.7. The number of morpholine rings is 1. The van der Waals surface area contributed by atoms with Crippen molar-refractivity contribution in [3.05, 3.63) is 63.1 Å². The zero-order chi connectivity index (χ0) is 24.1. The lowest BCUT2D eigenvalue weighted by molar-refractivity contribution is 0.103. The first-order valence-corrected chi connectivity index (χ1v) is 11.8. The normalized spacial score (nSPS) is 13.3. The van der Waals surface area contributed by atoms with Crippen molar-refractivity contribution in [2.24, 2.45) is 0 Å². The number of aryl methyl sites for hydroxylation is 2. The summed E-state index contributed by atoms with van der Waals surface area (Å²) in [4.78, 5) is 15.8. The predicted octanol–water partition coefficient (Wildman–Crippen LogP) is 5.16. The van der Waals surface area contributed by atoms with Gasteiger partial charge in [-0.3, -0.25) is 4.79 Å². The molecule has 33 heavy (non-hydrogen) atoms. The van der Waals surface area contributed by atoms with E-state index in [9.17, 15) is 9.18 Å². The largest absolute Gasteiger partial charge is 0.507 e. The van der Waals surface area contributed by atoms with Gasteiger partial charge < -0.3 is 25.8 Å². The maximum Gasteiger partial charge on any atom is 0.267 e. The molecule has 4 rings (SSSR count). The van der Waals surface area contributed by atoms with Crippen molar-refractivity contribution in [1.29, 1.82) is 0 Å². The Morgan fingerprint density at radius 1 is 1.18 bits per heavy atom. The number of rotatable bonds is 3. The highest BCUT2D eigenvalue weighted by molar-refractivity contribution is 7.80. The molecule has 1 saturated heterocycles. The number of amides is 1. The van der Waals surface area contributed by atoms with Gasteiger partial charge in [-0.2, -0.15) is 0 Å². The number of ether oxygens (including phenoxy) is 1. The molecule has 1 aromatic heterocycles. The maximum absolute atomic E-state index is 12.6. The molecule has 0 atom stereocenters. The Balaban J connectivity index is 0.000000286. The highest BCUT2D eigenvalue weighted by Gasteiger charge is 2.21. The van der Waals surface area contributed by atoms with E-state index in [4.69, 9.17) is 15.6 Å². The number of nitrogens with one attached hydrogen (secondary N) is 1. The summed E-state index contributed by atoms with van der Waals surface area (Å²) in [5, 5.41) is 13.7. The van der Waals surface area contributed by atoms with Crippen molar-refractivity contribution >= 4 is 46.9 Å². The number of thiol groups is 1. The second kappa shape index (κ2) is 10.9. The van der Waals surface area contributed by atoms with Crippen LogP contribution in [0.15, 0.2) is 40.6 Å². The van der Waals surface area contributed by atoms with Gasteiger partial charge in [-0.15, -0.1) is 24.0 Å². The standard InChI is InChI=1S/C18H23N3O2S.C6H5FOS/c1-11-10-12(2)16(21-5-7-23-8-6-21)13(3)15(11)20-18(22)17-14(19)4-9-24-17;7-4-1-2-6(9)5(8)3-4/h4,9-10H,5-8,19H2,1-3H3,(H,20,22);1-3,8-9H. The van der Waals surface area contributed by atoms with E-state index in [1.807, 2.05) is 12.3 Å². The molecule has 1 aliphatic rings. The highest BCUT2D eigenvalue weighted by atomic mass is 32.1. The van der Waals surface area contributed by atoms with Gasteiger partial charge in [0, 0.05) is 35.4 Å². The van der Waals surface area contributed by atoms with Crippen LogP contribution in [0, 0.1) is 26.6 Å². The minimum absolute atomic E-state index is 0.127. The predicted molar refractivity (Wildman–Crippen MR) is 136 cm³/mol. The van der Waals surface area contributed by atoms with E-state index in [0.29, 0.717) is 15.5 Å². The lowest BCUT2D eigenvalue weighted by atomic mass is 10.0. The number of nitrogen functional groups attached to an aromatic ring is 1. The third-order valence-electron chi connectivity index (χ3n) is 5.34. The van der Waals surface area contributed by atoms with Crippen LogP contribution in [-0.2, 0) is 4.74 Å². The number of halogens is 1. The summed E-state index contributed by atoms with van der Waals surface area (Å²) in [5.74, 6) is -0.728. The topological polar surface area (TPSA) is 87.8 Å². The average Bonchev–Trinajstić information content (AvgIpc) is 3.21. The molecule has 2 heterocycles. The number of nitrogens with zero attached hydrogens (tertiary/aromatic N) is 1. The molecule has 1 fully saturated rings. The molecule has 1 aliphatic heterocycles. The molecule has 9 heteroatoms. The van der Waals surface area contributed by atoms with Crippen LogP contribution in [0.3, 0.4) is 0 Å². The lowest BCUT2D eigenvalue weighted by Gasteiger charge is -2.32. The first kappa shape index (κ1) is 24.9. The second-order valence-electron chi connectivity index (χ2n) is 7.75. The van der Waals surface area contributed by atoms with Gasteiger partial charge >= 0.3 is 0 Å². The zero-order valence-corrected chi connectivity index (χ0v) is 20.5. The first-order valence-electron chi connectivity index (χ1n) is 10.4. The van der Waals surface area contributed by atoms with Crippen LogP contribution in [0.5, 0.6) is 5.75 Å². The Kier molecular flexibility index (Phi) is 8.23. The molecule has 0 unspecified atom stereocenters. The molecule has 4 N–H and O–H groups in total. The van der Waals surface area contributed by atoms with Gasteiger partial charge in [0.1, 0.15) is 16.4 Å². The summed E-state index contributed by atoms with van der Waals surface area (Å²) in [5.41, 5.74) is 11.8. The summed E-state index contributed by atoms with van der Waals surface area (Å²) in [6.07, 6.45) is 0. The molecule has 3 aromatic rings. The van der Waals surface area contributed by atoms with Crippen LogP contribution in [-0.4, -0.2) is 37.3 Å². The van der Waals surface area contributed by atoms with E-state index < -0.39 is 5.82 Å². The molecule has 2 aromatic carbocycles. The molecule has 0 bridgehead atoms. The Morgan fingerprint density at radius 2 is 1.88 bits per heavy atom. The summed E-state index contributed by atoms with van der Waals surface area (Å²) < 4.78 is 17.6. The quantitative estimate of drug-likeness (QED) is 0.382. The summed E-state index contributed by atoms with van der Waals surface area (Å²) in [6.45, 7) is 9.43. The number of hydrogen-bond acceptors (Lipinski definition) is 7. The van der Waals surface area contributed by atoms with Crippen LogP contribution >= 0.6 is 24.0 Å². The van der Waals surface area contributed by atoms with E-state index in [-0.39, 0.29) is 11.7 Å². The fourth-order valence-electron chi connectivity index (χ4n) is 3.81. The summed E-state index contributed by atoms with van der Waals surface area (Å²) >= 11 is 5.19. The number of benzene rings is 2. The number of carbonyl (C=O) groups excluding carboxylic acids is 1. The maximum atomic E-state index is 12.6. The van der Waals surface area contributed by atoms with Crippen molar-refractivity contribution in [1.82, 2.24) is 0 Å². The van der Waals surface area contributed by atoms with Crippen LogP contribution in [0.25, 0.3) is 0 Å². The monoisotopic (exact) mass is 489 g/mol. The Morgan fingerprint density at radius 3 is 2.45 bits per heavy atom. The number of nitrogens with two attached hydrogens (primary N) is 1. The number of hydrogen-bond donors (Lipinski definition) is 4.